The second-order valence-electron chi connectivity index (χ2n) is 5.51. The highest BCUT2D eigenvalue weighted by molar-refractivity contribution is 5.80. The van der Waals surface area contributed by atoms with Crippen molar-refractivity contribution in [3.8, 4) is 28.5 Å². The van der Waals surface area contributed by atoms with Gasteiger partial charge in [-0.2, -0.15) is 18.4 Å². The molecule has 0 spiro atoms. The van der Waals surface area contributed by atoms with Gasteiger partial charge >= 0.3 is 6.18 Å². The molecular formula is C19H11F4N3. The molecule has 0 amide bonds. The van der Waals surface area contributed by atoms with Crippen LogP contribution in [-0.4, -0.2) is 4.98 Å². The summed E-state index contributed by atoms with van der Waals surface area (Å²) in [4.78, 5) is 4.14. The number of nitriles is 1. The molecule has 0 aliphatic heterocycles. The second-order valence-corrected chi connectivity index (χ2v) is 5.51. The number of benzene rings is 2. The van der Waals surface area contributed by atoms with Crippen LogP contribution in [0, 0.1) is 17.1 Å². The minimum absolute atomic E-state index is 0.0516. The zero-order valence-electron chi connectivity index (χ0n) is 13.2. The predicted octanol–water partition coefficient (Wildman–Crippen LogP) is 5.03. The van der Waals surface area contributed by atoms with Crippen molar-refractivity contribution >= 4 is 5.82 Å². The molecule has 26 heavy (non-hydrogen) atoms. The fourth-order valence-electron chi connectivity index (χ4n) is 2.52. The van der Waals surface area contributed by atoms with E-state index < -0.39 is 17.6 Å². The van der Waals surface area contributed by atoms with Crippen molar-refractivity contribution in [1.29, 1.82) is 5.26 Å². The van der Waals surface area contributed by atoms with Gasteiger partial charge < -0.3 is 5.73 Å². The molecule has 3 rings (SSSR count). The maximum absolute atomic E-state index is 13.1. The van der Waals surface area contributed by atoms with Gasteiger partial charge in [0.1, 0.15) is 23.3 Å². The third-order valence-electron chi connectivity index (χ3n) is 3.82. The summed E-state index contributed by atoms with van der Waals surface area (Å²) in [6.07, 6.45) is -4.45. The molecule has 1 heterocycles. The van der Waals surface area contributed by atoms with E-state index in [1.807, 2.05) is 6.07 Å². The molecule has 0 radical (unpaired) electrons. The van der Waals surface area contributed by atoms with E-state index in [0.29, 0.717) is 22.4 Å². The summed E-state index contributed by atoms with van der Waals surface area (Å²) >= 11 is 0. The van der Waals surface area contributed by atoms with Crippen LogP contribution < -0.4 is 5.73 Å². The highest BCUT2D eigenvalue weighted by Crippen LogP contribution is 2.34. The van der Waals surface area contributed by atoms with Gasteiger partial charge in [-0.25, -0.2) is 9.37 Å². The summed E-state index contributed by atoms with van der Waals surface area (Å²) in [5.74, 6) is -0.470. The van der Waals surface area contributed by atoms with Gasteiger partial charge in [-0.1, -0.05) is 12.1 Å². The van der Waals surface area contributed by atoms with Gasteiger partial charge in [0.05, 0.1) is 11.3 Å². The van der Waals surface area contributed by atoms with E-state index in [-0.39, 0.29) is 11.4 Å². The number of halogens is 4. The Morgan fingerprint density at radius 3 is 2.04 bits per heavy atom. The van der Waals surface area contributed by atoms with Crippen LogP contribution in [0.5, 0.6) is 0 Å². The Kier molecular flexibility index (Phi) is 4.34. The van der Waals surface area contributed by atoms with E-state index in [0.717, 1.165) is 12.1 Å². The Morgan fingerprint density at radius 2 is 1.50 bits per heavy atom. The van der Waals surface area contributed by atoms with Crippen molar-refractivity contribution in [3.63, 3.8) is 0 Å². The average Bonchev–Trinajstić information content (AvgIpc) is 2.61. The van der Waals surface area contributed by atoms with E-state index in [9.17, 15) is 22.8 Å². The third-order valence-corrected chi connectivity index (χ3v) is 3.82. The molecule has 3 aromatic rings. The summed E-state index contributed by atoms with van der Waals surface area (Å²) in [5, 5.41) is 9.34. The maximum Gasteiger partial charge on any atom is 0.416 e. The molecule has 0 fully saturated rings. The lowest BCUT2D eigenvalue weighted by atomic mass is 9.97. The summed E-state index contributed by atoms with van der Waals surface area (Å²) in [6, 6.07) is 13.4. The predicted molar refractivity (Wildman–Crippen MR) is 89.2 cm³/mol. The van der Waals surface area contributed by atoms with E-state index in [1.54, 1.807) is 6.07 Å². The Bertz CT molecular complexity index is 986. The number of aromatic nitrogens is 1. The lowest BCUT2D eigenvalue weighted by Gasteiger charge is -2.12. The van der Waals surface area contributed by atoms with Gasteiger partial charge in [0.25, 0.3) is 0 Å². The maximum atomic E-state index is 13.1. The van der Waals surface area contributed by atoms with Crippen LogP contribution in [0.3, 0.4) is 0 Å². The number of nitrogens with two attached hydrogens (primary N) is 1. The molecule has 7 heteroatoms. The number of alkyl halides is 3. The Balaban J connectivity index is 2.14. The molecule has 0 saturated heterocycles. The van der Waals surface area contributed by atoms with Crippen LogP contribution in [0.25, 0.3) is 22.4 Å². The smallest absolute Gasteiger partial charge is 0.383 e. The van der Waals surface area contributed by atoms with Crippen molar-refractivity contribution in [2.45, 2.75) is 6.18 Å². The Labute approximate surface area is 146 Å². The Morgan fingerprint density at radius 1 is 0.923 bits per heavy atom. The minimum Gasteiger partial charge on any atom is -0.383 e. The fourth-order valence-corrected chi connectivity index (χ4v) is 2.52. The largest absolute Gasteiger partial charge is 0.416 e. The fraction of sp³-hybridized carbons (Fsp3) is 0.0526. The monoisotopic (exact) mass is 357 g/mol. The zero-order valence-corrected chi connectivity index (χ0v) is 13.2. The van der Waals surface area contributed by atoms with Gasteiger partial charge in [-0.3, -0.25) is 0 Å². The van der Waals surface area contributed by atoms with E-state index in [2.05, 4.69) is 4.98 Å². The lowest BCUT2D eigenvalue weighted by molar-refractivity contribution is -0.137. The molecule has 130 valence electrons. The lowest BCUT2D eigenvalue weighted by Crippen LogP contribution is -2.04. The van der Waals surface area contributed by atoms with Crippen molar-refractivity contribution in [1.82, 2.24) is 4.98 Å². The van der Waals surface area contributed by atoms with Crippen molar-refractivity contribution in [2.24, 2.45) is 0 Å². The standard InChI is InChI=1S/C19H11F4N3/c20-14-7-3-12(4-8-14)17-9-15(16(10-24)18(25)26-17)11-1-5-13(6-2-11)19(21,22)23/h1-9H,(H2,25,26). The summed E-state index contributed by atoms with van der Waals surface area (Å²) < 4.78 is 51.3. The number of nitrogen functional groups attached to an aromatic ring is 1. The van der Waals surface area contributed by atoms with Crippen molar-refractivity contribution in [2.75, 3.05) is 5.73 Å². The SMILES string of the molecule is N#Cc1c(-c2ccc(C(F)(F)F)cc2)cc(-c2ccc(F)cc2)nc1N. The molecule has 0 aliphatic rings. The molecule has 2 N–H and O–H groups in total. The highest BCUT2D eigenvalue weighted by atomic mass is 19.4. The van der Waals surface area contributed by atoms with Crippen LogP contribution >= 0.6 is 0 Å². The highest BCUT2D eigenvalue weighted by Gasteiger charge is 2.30. The van der Waals surface area contributed by atoms with Gasteiger partial charge in [-0.15, -0.1) is 0 Å². The number of anilines is 1. The quantitative estimate of drug-likeness (QED) is 0.655. The molecule has 0 aliphatic carbocycles. The normalized spacial score (nSPS) is 11.2. The zero-order chi connectivity index (χ0) is 18.9. The molecule has 3 nitrogen and oxygen atoms in total. The number of hydrogen-bond acceptors (Lipinski definition) is 3. The second kappa shape index (κ2) is 6.48. The summed E-state index contributed by atoms with van der Waals surface area (Å²) in [5.41, 5.74) is 6.82. The first kappa shape index (κ1) is 17.4. The van der Waals surface area contributed by atoms with Gasteiger partial charge in [-0.05, 0) is 48.0 Å². The number of rotatable bonds is 2. The molecule has 0 saturated carbocycles. The van der Waals surface area contributed by atoms with Crippen LogP contribution in [0.4, 0.5) is 23.4 Å². The number of pyridine rings is 1. The molecular weight excluding hydrogens is 346 g/mol. The van der Waals surface area contributed by atoms with Crippen molar-refractivity contribution in [3.05, 3.63) is 71.5 Å². The topological polar surface area (TPSA) is 62.7 Å². The number of hydrogen-bond donors (Lipinski definition) is 1. The van der Waals surface area contributed by atoms with Crippen LogP contribution in [0.1, 0.15) is 11.1 Å². The van der Waals surface area contributed by atoms with Gasteiger partial charge in [0.2, 0.25) is 0 Å². The van der Waals surface area contributed by atoms with Gasteiger partial charge in [0.15, 0.2) is 0 Å². The molecule has 2 aromatic carbocycles. The first-order chi connectivity index (χ1) is 12.3. The minimum atomic E-state index is -4.45. The molecule has 1 aromatic heterocycles. The Hall–Kier alpha value is -3.40. The van der Waals surface area contributed by atoms with E-state index in [4.69, 9.17) is 5.73 Å². The van der Waals surface area contributed by atoms with Gasteiger partial charge in [0, 0.05) is 11.1 Å². The third kappa shape index (κ3) is 3.35. The van der Waals surface area contributed by atoms with Crippen molar-refractivity contribution < 1.29 is 17.6 Å². The van der Waals surface area contributed by atoms with Crippen LogP contribution in [0.15, 0.2) is 54.6 Å². The summed E-state index contributed by atoms with van der Waals surface area (Å²) in [7, 11) is 0. The first-order valence-electron chi connectivity index (χ1n) is 7.44. The van der Waals surface area contributed by atoms with Crippen LogP contribution in [0.2, 0.25) is 0 Å². The molecule has 0 unspecified atom stereocenters. The van der Waals surface area contributed by atoms with E-state index >= 15 is 0 Å². The summed E-state index contributed by atoms with van der Waals surface area (Å²) in [6.45, 7) is 0. The molecule has 0 atom stereocenters. The average molecular weight is 357 g/mol. The molecule has 0 bridgehead atoms. The first-order valence-corrected chi connectivity index (χ1v) is 7.44. The van der Waals surface area contributed by atoms with Crippen LogP contribution in [-0.2, 0) is 6.18 Å². The number of nitrogens with zero attached hydrogens (tertiary/aromatic N) is 2. The van der Waals surface area contributed by atoms with E-state index in [1.165, 1.54) is 36.4 Å².